The van der Waals surface area contributed by atoms with Gasteiger partial charge < -0.3 is 10.2 Å². The quantitative estimate of drug-likeness (QED) is 0.782. The fourth-order valence-corrected chi connectivity index (χ4v) is 4.24. The summed E-state index contributed by atoms with van der Waals surface area (Å²) in [5, 5.41) is 3.27. The SMILES string of the molecule is CC(C)(C)c1ccc(N(C(=O)[C@H]2CCCN2)C(C(=O)N2CC(=O)C2)c2cccnc2)cc1. The first-order valence-electron chi connectivity index (χ1n) is 11.1. The van der Waals surface area contributed by atoms with Gasteiger partial charge in [-0.25, -0.2) is 0 Å². The molecule has 2 aliphatic heterocycles. The molecule has 32 heavy (non-hydrogen) atoms. The Labute approximate surface area is 188 Å². The van der Waals surface area contributed by atoms with Gasteiger partial charge in [-0.3, -0.25) is 24.3 Å². The van der Waals surface area contributed by atoms with Gasteiger partial charge in [0.05, 0.1) is 19.1 Å². The molecular weight excluding hydrogens is 404 g/mol. The standard InChI is InChI=1S/C25H30N4O3/c1-25(2,3)18-8-10-19(11-9-18)29(23(31)21-7-5-13-27-21)22(17-6-4-12-26-14-17)24(32)28-15-20(30)16-28/h4,6,8-12,14,21-22,27H,5,7,13,15-16H2,1-3H3/t21-,22?/m1/s1. The highest BCUT2D eigenvalue weighted by Crippen LogP contribution is 2.33. The predicted octanol–water partition coefficient (Wildman–Crippen LogP) is 2.62. The molecule has 1 aromatic heterocycles. The van der Waals surface area contributed by atoms with Crippen molar-refractivity contribution in [1.82, 2.24) is 15.2 Å². The van der Waals surface area contributed by atoms with E-state index in [0.717, 1.165) is 24.9 Å². The molecule has 1 aromatic carbocycles. The van der Waals surface area contributed by atoms with E-state index >= 15 is 0 Å². The van der Waals surface area contributed by atoms with Crippen molar-refractivity contribution in [2.24, 2.45) is 0 Å². The zero-order chi connectivity index (χ0) is 22.9. The fraction of sp³-hybridized carbons (Fsp3) is 0.440. The summed E-state index contributed by atoms with van der Waals surface area (Å²) in [6.07, 6.45) is 4.90. The Balaban J connectivity index is 1.78. The molecule has 0 aliphatic carbocycles. The molecule has 168 valence electrons. The maximum Gasteiger partial charge on any atom is 0.251 e. The van der Waals surface area contributed by atoms with E-state index in [1.54, 1.807) is 23.4 Å². The van der Waals surface area contributed by atoms with Crippen LogP contribution in [0.4, 0.5) is 5.69 Å². The van der Waals surface area contributed by atoms with Crippen LogP contribution < -0.4 is 10.2 Å². The van der Waals surface area contributed by atoms with E-state index in [2.05, 4.69) is 31.1 Å². The highest BCUT2D eigenvalue weighted by atomic mass is 16.2. The van der Waals surface area contributed by atoms with Crippen molar-refractivity contribution in [2.45, 2.75) is 51.1 Å². The third-order valence-corrected chi connectivity index (χ3v) is 6.15. The van der Waals surface area contributed by atoms with Crippen molar-refractivity contribution in [3.8, 4) is 0 Å². The summed E-state index contributed by atoms with van der Waals surface area (Å²) >= 11 is 0. The molecule has 0 bridgehead atoms. The number of nitrogens with zero attached hydrogens (tertiary/aromatic N) is 3. The number of carbonyl (C=O) groups excluding carboxylic acids is 3. The molecule has 1 unspecified atom stereocenters. The average molecular weight is 435 g/mol. The topological polar surface area (TPSA) is 82.6 Å². The maximum absolute atomic E-state index is 13.7. The summed E-state index contributed by atoms with van der Waals surface area (Å²) in [5.41, 5.74) is 2.40. The van der Waals surface area contributed by atoms with Crippen LogP contribution in [-0.2, 0) is 19.8 Å². The van der Waals surface area contributed by atoms with E-state index in [1.165, 1.54) is 4.90 Å². The van der Waals surface area contributed by atoms with Crippen LogP contribution in [0, 0.1) is 0 Å². The van der Waals surface area contributed by atoms with Crippen LogP contribution in [-0.4, -0.2) is 53.2 Å². The van der Waals surface area contributed by atoms with Gasteiger partial charge in [-0.1, -0.05) is 39.0 Å². The van der Waals surface area contributed by atoms with Gasteiger partial charge in [-0.05, 0) is 48.6 Å². The third-order valence-electron chi connectivity index (χ3n) is 6.15. The summed E-state index contributed by atoms with van der Waals surface area (Å²) in [7, 11) is 0. The largest absolute Gasteiger partial charge is 0.326 e. The highest BCUT2D eigenvalue weighted by molar-refractivity contribution is 6.06. The number of hydrogen-bond donors (Lipinski definition) is 1. The van der Waals surface area contributed by atoms with E-state index in [0.29, 0.717) is 11.3 Å². The number of nitrogens with one attached hydrogen (secondary N) is 1. The lowest BCUT2D eigenvalue weighted by Crippen LogP contribution is -2.56. The number of pyridine rings is 1. The predicted molar refractivity (Wildman–Crippen MR) is 122 cm³/mol. The summed E-state index contributed by atoms with van der Waals surface area (Å²) in [5.74, 6) is -0.378. The number of Topliss-reactive ketones (excluding diaryl/α,β-unsaturated/α-hetero) is 1. The first kappa shape index (κ1) is 22.1. The van der Waals surface area contributed by atoms with E-state index in [9.17, 15) is 14.4 Å². The van der Waals surface area contributed by atoms with E-state index in [1.807, 2.05) is 30.3 Å². The number of hydrogen-bond acceptors (Lipinski definition) is 5. The molecule has 2 amide bonds. The van der Waals surface area contributed by atoms with Crippen molar-refractivity contribution >= 4 is 23.3 Å². The molecule has 0 radical (unpaired) electrons. The lowest BCUT2D eigenvalue weighted by molar-refractivity contribution is -0.146. The Hall–Kier alpha value is -3.06. The smallest absolute Gasteiger partial charge is 0.251 e. The van der Waals surface area contributed by atoms with Crippen molar-refractivity contribution in [3.05, 3.63) is 59.9 Å². The second kappa shape index (κ2) is 8.82. The van der Waals surface area contributed by atoms with Gasteiger partial charge in [-0.15, -0.1) is 0 Å². The van der Waals surface area contributed by atoms with Crippen LogP contribution >= 0.6 is 0 Å². The minimum atomic E-state index is -0.882. The van der Waals surface area contributed by atoms with Crippen LogP contribution in [0.3, 0.4) is 0 Å². The number of aromatic nitrogens is 1. The zero-order valence-electron chi connectivity index (χ0n) is 18.9. The Morgan fingerprint density at radius 3 is 2.41 bits per heavy atom. The van der Waals surface area contributed by atoms with Crippen molar-refractivity contribution < 1.29 is 14.4 Å². The lowest BCUT2D eigenvalue weighted by atomic mass is 9.87. The molecule has 2 saturated heterocycles. The number of amides is 2. The van der Waals surface area contributed by atoms with Crippen molar-refractivity contribution in [2.75, 3.05) is 24.5 Å². The molecule has 2 atom stereocenters. The minimum absolute atomic E-state index is 0.0214. The molecule has 0 spiro atoms. The molecule has 2 aromatic rings. The maximum atomic E-state index is 13.7. The number of rotatable bonds is 5. The normalized spacial score (nSPS) is 19.4. The second-order valence-corrected chi connectivity index (χ2v) is 9.58. The molecule has 2 aliphatic rings. The summed E-state index contributed by atoms with van der Waals surface area (Å²) in [6, 6.07) is 10.2. The highest BCUT2D eigenvalue weighted by Gasteiger charge is 2.41. The van der Waals surface area contributed by atoms with Gasteiger partial charge in [0.25, 0.3) is 5.91 Å². The Morgan fingerprint density at radius 2 is 1.88 bits per heavy atom. The zero-order valence-corrected chi connectivity index (χ0v) is 18.9. The Bertz CT molecular complexity index is 984. The number of ketones is 1. The van der Waals surface area contributed by atoms with Crippen LogP contribution in [0.2, 0.25) is 0 Å². The number of anilines is 1. The molecule has 0 saturated carbocycles. The van der Waals surface area contributed by atoms with Gasteiger partial charge >= 0.3 is 0 Å². The van der Waals surface area contributed by atoms with E-state index in [4.69, 9.17) is 0 Å². The van der Waals surface area contributed by atoms with Crippen LogP contribution in [0.5, 0.6) is 0 Å². The van der Waals surface area contributed by atoms with Crippen molar-refractivity contribution in [3.63, 3.8) is 0 Å². The summed E-state index contributed by atoms with van der Waals surface area (Å²) in [4.78, 5) is 46.2. The number of carbonyl (C=O) groups is 3. The Morgan fingerprint density at radius 1 is 1.16 bits per heavy atom. The first-order chi connectivity index (χ1) is 15.3. The van der Waals surface area contributed by atoms with Gasteiger partial charge in [0.1, 0.15) is 6.04 Å². The molecule has 3 heterocycles. The molecular formula is C25H30N4O3. The number of benzene rings is 1. The van der Waals surface area contributed by atoms with Crippen molar-refractivity contribution in [1.29, 1.82) is 0 Å². The van der Waals surface area contributed by atoms with Crippen LogP contribution in [0.25, 0.3) is 0 Å². The lowest BCUT2D eigenvalue weighted by Gasteiger charge is -2.38. The van der Waals surface area contributed by atoms with Gasteiger partial charge in [0, 0.05) is 23.6 Å². The molecule has 1 N–H and O–H groups in total. The van der Waals surface area contributed by atoms with Crippen LogP contribution in [0.1, 0.15) is 50.8 Å². The number of likely N-dealkylation sites (tertiary alicyclic amines) is 1. The molecule has 4 rings (SSSR count). The van der Waals surface area contributed by atoms with Gasteiger partial charge in [-0.2, -0.15) is 0 Å². The monoisotopic (exact) mass is 434 g/mol. The third kappa shape index (κ3) is 4.43. The van der Waals surface area contributed by atoms with Gasteiger partial charge in [0.15, 0.2) is 5.78 Å². The second-order valence-electron chi connectivity index (χ2n) is 9.58. The first-order valence-corrected chi connectivity index (χ1v) is 11.1. The molecule has 7 nitrogen and oxygen atoms in total. The van der Waals surface area contributed by atoms with E-state index < -0.39 is 6.04 Å². The summed E-state index contributed by atoms with van der Waals surface area (Å²) < 4.78 is 0. The van der Waals surface area contributed by atoms with E-state index in [-0.39, 0.29) is 42.1 Å². The minimum Gasteiger partial charge on any atom is -0.326 e. The van der Waals surface area contributed by atoms with Crippen LogP contribution in [0.15, 0.2) is 48.8 Å². The fourth-order valence-electron chi connectivity index (χ4n) is 4.24. The summed E-state index contributed by atoms with van der Waals surface area (Å²) in [6.45, 7) is 7.35. The molecule has 2 fully saturated rings. The van der Waals surface area contributed by atoms with Gasteiger partial charge in [0.2, 0.25) is 5.91 Å². The Kier molecular flexibility index (Phi) is 6.11. The average Bonchev–Trinajstić information content (AvgIpc) is 3.29. The molecule has 7 heteroatoms.